The van der Waals surface area contributed by atoms with Gasteiger partial charge in [0.05, 0.1) is 23.1 Å². The summed E-state index contributed by atoms with van der Waals surface area (Å²) >= 11 is 1.47. The molecule has 0 saturated heterocycles. The van der Waals surface area contributed by atoms with Gasteiger partial charge in [-0.15, -0.1) is 0 Å². The highest BCUT2D eigenvalue weighted by Crippen LogP contribution is 2.27. The van der Waals surface area contributed by atoms with Gasteiger partial charge < -0.3 is 10.6 Å². The summed E-state index contributed by atoms with van der Waals surface area (Å²) in [6.45, 7) is 2.03. The molecule has 3 aromatic rings. The molecule has 0 unspecified atom stereocenters. The van der Waals surface area contributed by atoms with Crippen LogP contribution in [-0.4, -0.2) is 16.8 Å². The van der Waals surface area contributed by atoms with E-state index in [-0.39, 0.29) is 18.2 Å². The molecule has 120 valence electrons. The Balaban J connectivity index is 1.48. The molecule has 4 rings (SSSR count). The van der Waals surface area contributed by atoms with Crippen LogP contribution in [0.5, 0.6) is 0 Å². The van der Waals surface area contributed by atoms with E-state index in [4.69, 9.17) is 0 Å². The summed E-state index contributed by atoms with van der Waals surface area (Å²) in [5.41, 5.74) is 4.74. The van der Waals surface area contributed by atoms with E-state index >= 15 is 0 Å². The summed E-state index contributed by atoms with van der Waals surface area (Å²) in [5, 5.41) is 6.26. The van der Waals surface area contributed by atoms with Crippen molar-refractivity contribution in [3.63, 3.8) is 0 Å². The third kappa shape index (κ3) is 2.88. The average Bonchev–Trinajstić information content (AvgIpc) is 3.07. The van der Waals surface area contributed by atoms with E-state index in [1.807, 2.05) is 37.3 Å². The van der Waals surface area contributed by atoms with Gasteiger partial charge in [-0.05, 0) is 41.8 Å². The number of carbonyl (C=O) groups is 2. The Labute approximate surface area is 142 Å². The highest BCUT2D eigenvalue weighted by Gasteiger charge is 2.18. The SMILES string of the molecule is Cc1ccc2nc(NC(=O)Cc3ccc4c(c3)CC(=O)N4)sc2c1. The zero-order chi connectivity index (χ0) is 16.7. The molecule has 1 aliphatic rings. The topological polar surface area (TPSA) is 71.1 Å². The first-order valence-corrected chi connectivity index (χ1v) is 8.47. The molecule has 5 nitrogen and oxygen atoms in total. The first-order valence-electron chi connectivity index (χ1n) is 7.65. The van der Waals surface area contributed by atoms with Gasteiger partial charge in [0, 0.05) is 5.69 Å². The quantitative estimate of drug-likeness (QED) is 0.770. The molecule has 0 saturated carbocycles. The highest BCUT2D eigenvalue weighted by molar-refractivity contribution is 7.22. The highest BCUT2D eigenvalue weighted by atomic mass is 32.1. The second-order valence-electron chi connectivity index (χ2n) is 5.93. The van der Waals surface area contributed by atoms with Crippen molar-refractivity contribution in [2.45, 2.75) is 19.8 Å². The number of amides is 2. The Bertz CT molecular complexity index is 978. The fraction of sp³-hybridized carbons (Fsp3) is 0.167. The van der Waals surface area contributed by atoms with Crippen molar-refractivity contribution in [1.82, 2.24) is 4.98 Å². The number of anilines is 2. The van der Waals surface area contributed by atoms with Crippen molar-refractivity contribution in [2.24, 2.45) is 0 Å². The number of nitrogens with one attached hydrogen (secondary N) is 2. The maximum atomic E-state index is 12.3. The lowest BCUT2D eigenvalue weighted by molar-refractivity contribution is -0.116. The Morgan fingerprint density at radius 2 is 2.17 bits per heavy atom. The molecule has 0 aliphatic carbocycles. The number of thiazole rings is 1. The molecule has 0 fully saturated rings. The molecule has 2 amide bonds. The molecule has 24 heavy (non-hydrogen) atoms. The number of nitrogens with zero attached hydrogens (tertiary/aromatic N) is 1. The number of aromatic nitrogens is 1. The lowest BCUT2D eigenvalue weighted by Gasteiger charge is -2.04. The average molecular weight is 337 g/mol. The molecule has 2 N–H and O–H groups in total. The summed E-state index contributed by atoms with van der Waals surface area (Å²) in [4.78, 5) is 28.1. The summed E-state index contributed by atoms with van der Waals surface area (Å²) in [6.07, 6.45) is 0.637. The lowest BCUT2D eigenvalue weighted by atomic mass is 10.1. The first kappa shape index (κ1) is 14.8. The molecule has 2 aromatic carbocycles. The number of hydrogen-bond donors (Lipinski definition) is 2. The van der Waals surface area contributed by atoms with E-state index < -0.39 is 0 Å². The van der Waals surface area contributed by atoms with E-state index in [9.17, 15) is 9.59 Å². The van der Waals surface area contributed by atoms with E-state index in [1.54, 1.807) is 0 Å². The van der Waals surface area contributed by atoms with Gasteiger partial charge in [-0.1, -0.05) is 29.5 Å². The number of carbonyl (C=O) groups excluding carboxylic acids is 2. The van der Waals surface area contributed by atoms with Gasteiger partial charge in [-0.25, -0.2) is 4.98 Å². The fourth-order valence-corrected chi connectivity index (χ4v) is 3.81. The Hall–Kier alpha value is -2.73. The molecule has 0 radical (unpaired) electrons. The second-order valence-corrected chi connectivity index (χ2v) is 6.96. The molecule has 2 heterocycles. The summed E-state index contributed by atoms with van der Waals surface area (Å²) in [7, 11) is 0. The van der Waals surface area contributed by atoms with Crippen LogP contribution in [0.15, 0.2) is 36.4 Å². The number of benzene rings is 2. The zero-order valence-corrected chi connectivity index (χ0v) is 13.9. The lowest BCUT2D eigenvalue weighted by Crippen LogP contribution is -2.14. The third-order valence-corrected chi connectivity index (χ3v) is 4.88. The van der Waals surface area contributed by atoms with E-state index in [1.165, 1.54) is 16.9 Å². The molecule has 1 aromatic heterocycles. The molecular formula is C18H15N3O2S. The van der Waals surface area contributed by atoms with Gasteiger partial charge in [-0.2, -0.15) is 0 Å². The summed E-state index contributed by atoms with van der Waals surface area (Å²) in [5.74, 6) is -0.112. The van der Waals surface area contributed by atoms with E-state index in [2.05, 4.69) is 21.7 Å². The number of rotatable bonds is 3. The van der Waals surface area contributed by atoms with Crippen LogP contribution in [0.3, 0.4) is 0 Å². The van der Waals surface area contributed by atoms with Crippen LogP contribution in [0.1, 0.15) is 16.7 Å². The van der Waals surface area contributed by atoms with Crippen LogP contribution >= 0.6 is 11.3 Å². The largest absolute Gasteiger partial charge is 0.326 e. The van der Waals surface area contributed by atoms with Crippen LogP contribution in [0.4, 0.5) is 10.8 Å². The Morgan fingerprint density at radius 1 is 1.29 bits per heavy atom. The van der Waals surface area contributed by atoms with Crippen molar-refractivity contribution >= 4 is 44.2 Å². The standard InChI is InChI=1S/C18H15N3O2S/c1-10-2-4-14-15(6-10)24-18(20-14)21-16(22)8-11-3-5-13-12(7-11)9-17(23)19-13/h2-7H,8-9H2,1H3,(H,19,23)(H,20,21,22). The zero-order valence-electron chi connectivity index (χ0n) is 13.1. The van der Waals surface area contributed by atoms with Crippen LogP contribution in [0.25, 0.3) is 10.2 Å². The van der Waals surface area contributed by atoms with Gasteiger partial charge in [0.2, 0.25) is 11.8 Å². The van der Waals surface area contributed by atoms with E-state index in [0.717, 1.165) is 27.0 Å². The van der Waals surface area contributed by atoms with Gasteiger partial charge in [-0.3, -0.25) is 9.59 Å². The van der Waals surface area contributed by atoms with Gasteiger partial charge >= 0.3 is 0 Å². The van der Waals surface area contributed by atoms with Crippen molar-refractivity contribution < 1.29 is 9.59 Å². The van der Waals surface area contributed by atoms with Crippen molar-refractivity contribution in [1.29, 1.82) is 0 Å². The maximum absolute atomic E-state index is 12.3. The second kappa shape index (κ2) is 5.72. The van der Waals surface area contributed by atoms with E-state index in [0.29, 0.717) is 11.6 Å². The fourth-order valence-electron chi connectivity index (χ4n) is 2.83. The molecule has 0 bridgehead atoms. The number of hydrogen-bond acceptors (Lipinski definition) is 4. The van der Waals surface area contributed by atoms with Crippen LogP contribution in [-0.2, 0) is 22.4 Å². The number of aryl methyl sites for hydroxylation is 1. The predicted molar refractivity (Wildman–Crippen MR) is 95.5 cm³/mol. The summed E-state index contributed by atoms with van der Waals surface area (Å²) < 4.78 is 1.06. The van der Waals surface area contributed by atoms with Crippen molar-refractivity contribution in [3.8, 4) is 0 Å². The monoisotopic (exact) mass is 337 g/mol. The van der Waals surface area contributed by atoms with Gasteiger partial charge in [0.1, 0.15) is 0 Å². The minimum absolute atomic E-state index is 0.00336. The minimum atomic E-state index is -0.108. The van der Waals surface area contributed by atoms with Gasteiger partial charge in [0.25, 0.3) is 0 Å². The normalized spacial score (nSPS) is 13.0. The van der Waals surface area contributed by atoms with Crippen LogP contribution in [0.2, 0.25) is 0 Å². The van der Waals surface area contributed by atoms with Gasteiger partial charge in [0.15, 0.2) is 5.13 Å². The number of fused-ring (bicyclic) bond motifs is 2. The maximum Gasteiger partial charge on any atom is 0.230 e. The third-order valence-electron chi connectivity index (χ3n) is 3.95. The van der Waals surface area contributed by atoms with Crippen molar-refractivity contribution in [3.05, 3.63) is 53.1 Å². The molecule has 0 spiro atoms. The predicted octanol–water partition coefficient (Wildman–Crippen LogP) is 3.28. The molecule has 6 heteroatoms. The van der Waals surface area contributed by atoms with Crippen LogP contribution in [0, 0.1) is 6.92 Å². The molecule has 0 atom stereocenters. The first-order chi connectivity index (χ1) is 11.6. The summed E-state index contributed by atoms with van der Waals surface area (Å²) in [6, 6.07) is 11.7. The Morgan fingerprint density at radius 3 is 3.04 bits per heavy atom. The van der Waals surface area contributed by atoms with Crippen LogP contribution < -0.4 is 10.6 Å². The molecule has 1 aliphatic heterocycles. The Kier molecular flexibility index (Phi) is 3.54. The minimum Gasteiger partial charge on any atom is -0.326 e. The smallest absolute Gasteiger partial charge is 0.230 e. The molecular weight excluding hydrogens is 322 g/mol. The van der Waals surface area contributed by atoms with Crippen molar-refractivity contribution in [2.75, 3.05) is 10.6 Å².